The lowest BCUT2D eigenvalue weighted by atomic mass is 10.00. The van der Waals surface area contributed by atoms with Crippen molar-refractivity contribution in [3.05, 3.63) is 17.3 Å². The lowest BCUT2D eigenvalue weighted by Crippen LogP contribution is -2.53. The van der Waals surface area contributed by atoms with E-state index in [1.54, 1.807) is 0 Å². The Balaban J connectivity index is 1.18. The van der Waals surface area contributed by atoms with Gasteiger partial charge in [-0.3, -0.25) is 0 Å². The minimum atomic E-state index is 0.00247. The third-order valence-corrected chi connectivity index (χ3v) is 5.83. The van der Waals surface area contributed by atoms with Gasteiger partial charge in [0.15, 0.2) is 5.82 Å². The number of aryl methyl sites for hydroxylation is 2. The Labute approximate surface area is 149 Å². The smallest absolute Gasteiger partial charge is 0.315 e. The fraction of sp³-hybridized carbons (Fsp3) is 0.737. The van der Waals surface area contributed by atoms with Crippen LogP contribution in [0.3, 0.4) is 0 Å². The maximum Gasteiger partial charge on any atom is 0.315 e. The average Bonchev–Trinajstić information content (AvgIpc) is 2.89. The number of nitrogens with one attached hydrogen (secondary N) is 2. The zero-order chi connectivity index (χ0) is 17.1. The first-order valence-electron chi connectivity index (χ1n) is 9.93. The molecular weight excluding hydrogens is 314 g/mol. The summed E-state index contributed by atoms with van der Waals surface area (Å²) < 4.78 is 0. The van der Waals surface area contributed by atoms with Gasteiger partial charge < -0.3 is 15.5 Å². The predicted molar refractivity (Wildman–Crippen MR) is 97.8 cm³/mol. The van der Waals surface area contributed by atoms with Crippen LogP contribution in [-0.4, -0.2) is 41.9 Å². The number of carbonyl (C=O) groups excluding carboxylic acids is 1. The predicted octanol–water partition coefficient (Wildman–Crippen LogP) is 2.42. The third kappa shape index (κ3) is 4.05. The largest absolute Gasteiger partial charge is 0.354 e. The molecule has 0 atom stereocenters. The molecule has 2 fully saturated rings. The standard InChI is InChI=1S/C19H29N5O/c25-19(21-16-7-3-1-2-4-8-16)20-11-14-12-24(13-14)18-10-15-6-5-9-17(15)22-23-18/h10,14,16H,1-9,11-13H2,(H2,20,21,25). The van der Waals surface area contributed by atoms with Crippen LogP contribution in [-0.2, 0) is 12.8 Å². The Morgan fingerprint density at radius 1 is 1.08 bits per heavy atom. The molecule has 25 heavy (non-hydrogen) atoms. The first-order chi connectivity index (χ1) is 12.3. The van der Waals surface area contributed by atoms with Crippen LogP contribution >= 0.6 is 0 Å². The van der Waals surface area contributed by atoms with Crippen LogP contribution in [0.15, 0.2) is 6.07 Å². The van der Waals surface area contributed by atoms with E-state index < -0.39 is 0 Å². The summed E-state index contributed by atoms with van der Waals surface area (Å²) in [6.45, 7) is 2.65. The van der Waals surface area contributed by atoms with Gasteiger partial charge in [0.05, 0.1) is 5.69 Å². The molecule has 1 aliphatic heterocycles. The lowest BCUT2D eigenvalue weighted by molar-refractivity contribution is 0.232. The van der Waals surface area contributed by atoms with E-state index in [9.17, 15) is 4.79 Å². The molecule has 6 nitrogen and oxygen atoms in total. The molecule has 1 aromatic rings. The molecule has 1 saturated carbocycles. The number of amides is 2. The first kappa shape index (κ1) is 16.6. The van der Waals surface area contributed by atoms with E-state index in [1.807, 2.05) is 0 Å². The van der Waals surface area contributed by atoms with Gasteiger partial charge in [0, 0.05) is 31.6 Å². The summed E-state index contributed by atoms with van der Waals surface area (Å²) in [6, 6.07) is 2.57. The van der Waals surface area contributed by atoms with Crippen LogP contribution in [0, 0.1) is 5.92 Å². The second-order valence-electron chi connectivity index (χ2n) is 7.84. The second kappa shape index (κ2) is 7.58. The van der Waals surface area contributed by atoms with Crippen molar-refractivity contribution in [2.75, 3.05) is 24.5 Å². The van der Waals surface area contributed by atoms with Crippen molar-refractivity contribution in [2.24, 2.45) is 5.92 Å². The molecule has 2 amide bonds. The number of anilines is 1. The number of hydrogen-bond acceptors (Lipinski definition) is 4. The van der Waals surface area contributed by atoms with E-state index in [1.165, 1.54) is 43.4 Å². The molecule has 6 heteroatoms. The molecule has 136 valence electrons. The highest BCUT2D eigenvalue weighted by molar-refractivity contribution is 5.74. The van der Waals surface area contributed by atoms with Crippen LogP contribution in [0.1, 0.15) is 56.2 Å². The summed E-state index contributed by atoms with van der Waals surface area (Å²) in [5, 5.41) is 14.9. The van der Waals surface area contributed by atoms with Crippen molar-refractivity contribution in [3.63, 3.8) is 0 Å². The maximum atomic E-state index is 12.1. The van der Waals surface area contributed by atoms with Gasteiger partial charge in [-0.05, 0) is 43.7 Å². The number of rotatable bonds is 4. The van der Waals surface area contributed by atoms with E-state index in [4.69, 9.17) is 0 Å². The van der Waals surface area contributed by atoms with Gasteiger partial charge >= 0.3 is 6.03 Å². The summed E-state index contributed by atoms with van der Waals surface area (Å²) in [5.41, 5.74) is 2.55. The molecule has 0 spiro atoms. The SMILES string of the molecule is O=C(NCC1CN(c2cc3c(nn2)CCC3)C1)NC1CCCCCC1. The van der Waals surface area contributed by atoms with Gasteiger partial charge in [0.2, 0.25) is 0 Å². The van der Waals surface area contributed by atoms with Crippen molar-refractivity contribution in [3.8, 4) is 0 Å². The highest BCUT2D eigenvalue weighted by atomic mass is 16.2. The zero-order valence-electron chi connectivity index (χ0n) is 15.0. The number of urea groups is 1. The Kier molecular flexibility index (Phi) is 5.04. The molecule has 1 saturated heterocycles. The van der Waals surface area contributed by atoms with Crippen LogP contribution in [0.2, 0.25) is 0 Å². The summed E-state index contributed by atoms with van der Waals surface area (Å²) >= 11 is 0. The zero-order valence-corrected chi connectivity index (χ0v) is 15.0. The van der Waals surface area contributed by atoms with Gasteiger partial charge in [-0.1, -0.05) is 25.7 Å². The van der Waals surface area contributed by atoms with Crippen LogP contribution in [0.5, 0.6) is 0 Å². The monoisotopic (exact) mass is 343 g/mol. The summed E-state index contributed by atoms with van der Waals surface area (Å²) in [7, 11) is 0. The maximum absolute atomic E-state index is 12.1. The lowest BCUT2D eigenvalue weighted by Gasteiger charge is -2.40. The number of nitrogens with zero attached hydrogens (tertiary/aromatic N) is 3. The third-order valence-electron chi connectivity index (χ3n) is 5.83. The minimum Gasteiger partial charge on any atom is -0.354 e. The molecule has 3 aliphatic rings. The number of hydrogen-bond donors (Lipinski definition) is 2. The summed E-state index contributed by atoms with van der Waals surface area (Å²) in [5.74, 6) is 1.51. The molecule has 0 bridgehead atoms. The molecule has 0 radical (unpaired) electrons. The highest BCUT2D eigenvalue weighted by Gasteiger charge is 2.29. The molecule has 1 aromatic heterocycles. The van der Waals surface area contributed by atoms with Gasteiger partial charge in [0.25, 0.3) is 0 Å². The topological polar surface area (TPSA) is 70.2 Å². The normalized spacial score (nSPS) is 21.4. The molecule has 2 heterocycles. The van der Waals surface area contributed by atoms with Gasteiger partial charge in [-0.15, -0.1) is 5.10 Å². The van der Waals surface area contributed by atoms with E-state index in [2.05, 4.69) is 31.8 Å². The van der Waals surface area contributed by atoms with E-state index in [0.717, 1.165) is 51.1 Å². The van der Waals surface area contributed by atoms with Crippen molar-refractivity contribution >= 4 is 11.8 Å². The summed E-state index contributed by atoms with van der Waals surface area (Å²) in [6.07, 6.45) is 10.8. The van der Waals surface area contributed by atoms with Crippen molar-refractivity contribution in [2.45, 2.75) is 63.8 Å². The average molecular weight is 343 g/mol. The molecule has 0 aromatic carbocycles. The Hall–Kier alpha value is -1.85. The van der Waals surface area contributed by atoms with Crippen molar-refractivity contribution in [1.29, 1.82) is 0 Å². The molecule has 0 unspecified atom stereocenters. The fourth-order valence-corrected chi connectivity index (χ4v) is 4.25. The number of fused-ring (bicyclic) bond motifs is 1. The van der Waals surface area contributed by atoms with Crippen LogP contribution in [0.25, 0.3) is 0 Å². The number of carbonyl (C=O) groups is 1. The fourth-order valence-electron chi connectivity index (χ4n) is 4.25. The number of aromatic nitrogens is 2. The van der Waals surface area contributed by atoms with Crippen molar-refractivity contribution < 1.29 is 4.79 Å². The van der Waals surface area contributed by atoms with E-state index in [-0.39, 0.29) is 6.03 Å². The van der Waals surface area contributed by atoms with E-state index in [0.29, 0.717) is 12.0 Å². The van der Waals surface area contributed by atoms with Gasteiger partial charge in [-0.25, -0.2) is 4.79 Å². The quantitative estimate of drug-likeness (QED) is 0.824. The van der Waals surface area contributed by atoms with Crippen LogP contribution in [0.4, 0.5) is 10.6 Å². The minimum absolute atomic E-state index is 0.00247. The Morgan fingerprint density at radius 3 is 2.68 bits per heavy atom. The van der Waals surface area contributed by atoms with Gasteiger partial charge in [0.1, 0.15) is 0 Å². The molecule has 2 aliphatic carbocycles. The van der Waals surface area contributed by atoms with Crippen LogP contribution < -0.4 is 15.5 Å². The molecule has 2 N–H and O–H groups in total. The Morgan fingerprint density at radius 2 is 1.88 bits per heavy atom. The Bertz CT molecular complexity index is 606. The van der Waals surface area contributed by atoms with E-state index >= 15 is 0 Å². The van der Waals surface area contributed by atoms with Gasteiger partial charge in [-0.2, -0.15) is 5.10 Å². The highest BCUT2D eigenvalue weighted by Crippen LogP contribution is 2.26. The molecule has 4 rings (SSSR count). The summed E-state index contributed by atoms with van der Waals surface area (Å²) in [4.78, 5) is 14.4. The first-order valence-corrected chi connectivity index (χ1v) is 9.93. The second-order valence-corrected chi connectivity index (χ2v) is 7.84. The molecular formula is C19H29N5O. The van der Waals surface area contributed by atoms with Crippen molar-refractivity contribution in [1.82, 2.24) is 20.8 Å².